The molecule has 0 aromatic heterocycles. The second-order valence-corrected chi connectivity index (χ2v) is 11.6. The van der Waals surface area contributed by atoms with Crippen LogP contribution in [-0.4, -0.2) is 23.0 Å². The average molecular weight is 662 g/mol. The first-order chi connectivity index (χ1) is 19.3. The molecule has 0 aliphatic carbocycles. The third-order valence-corrected chi connectivity index (χ3v) is 7.75. The summed E-state index contributed by atoms with van der Waals surface area (Å²) in [6.45, 7) is 3.79. The molecular formula is C32H28IN3O3S. The largest absolute Gasteiger partial charge is 0.325 e. The molecule has 4 aromatic carbocycles. The molecule has 0 saturated heterocycles. The van der Waals surface area contributed by atoms with Crippen molar-refractivity contribution in [1.82, 2.24) is 5.32 Å². The van der Waals surface area contributed by atoms with Gasteiger partial charge in [-0.2, -0.15) is 0 Å². The zero-order valence-corrected chi connectivity index (χ0v) is 25.0. The van der Waals surface area contributed by atoms with Gasteiger partial charge in [0.05, 0.1) is 5.25 Å². The standard InChI is InChI=1S/C32H28IN3O3S/c1-21-8-6-7-11-24(21)20-29(36-31(38)23-9-4-3-5-10-23)32(39)35-27-16-18-28(19-17-27)40-22(2)30(37)34-26-14-12-25(33)13-15-26/h3-20,22H,1-2H3,(H,34,37)(H,35,39)(H,36,38)/b29-20-. The highest BCUT2D eigenvalue weighted by Gasteiger charge is 2.17. The molecule has 0 heterocycles. The molecule has 4 aromatic rings. The van der Waals surface area contributed by atoms with Crippen molar-refractivity contribution >= 4 is 69.5 Å². The summed E-state index contributed by atoms with van der Waals surface area (Å²) in [7, 11) is 0. The lowest BCUT2D eigenvalue weighted by atomic mass is 10.1. The number of amides is 3. The van der Waals surface area contributed by atoms with E-state index in [0.717, 1.165) is 25.3 Å². The monoisotopic (exact) mass is 661 g/mol. The number of carbonyl (C=O) groups excluding carboxylic acids is 3. The van der Waals surface area contributed by atoms with Crippen LogP contribution in [0.4, 0.5) is 11.4 Å². The van der Waals surface area contributed by atoms with E-state index < -0.39 is 5.91 Å². The van der Waals surface area contributed by atoms with Crippen LogP contribution in [0.25, 0.3) is 6.08 Å². The zero-order chi connectivity index (χ0) is 28.5. The van der Waals surface area contributed by atoms with Crippen LogP contribution in [-0.2, 0) is 9.59 Å². The molecule has 0 aliphatic rings. The molecule has 40 heavy (non-hydrogen) atoms. The van der Waals surface area contributed by atoms with Gasteiger partial charge in [-0.3, -0.25) is 14.4 Å². The summed E-state index contributed by atoms with van der Waals surface area (Å²) in [5.74, 6) is -0.915. The molecular weight excluding hydrogens is 633 g/mol. The topological polar surface area (TPSA) is 87.3 Å². The van der Waals surface area contributed by atoms with Gasteiger partial charge in [-0.25, -0.2) is 0 Å². The van der Waals surface area contributed by atoms with Crippen LogP contribution < -0.4 is 16.0 Å². The van der Waals surface area contributed by atoms with Gasteiger partial charge in [0.1, 0.15) is 5.70 Å². The van der Waals surface area contributed by atoms with E-state index in [9.17, 15) is 14.4 Å². The molecule has 0 spiro atoms. The van der Waals surface area contributed by atoms with Crippen LogP contribution >= 0.6 is 34.4 Å². The molecule has 0 bridgehead atoms. The highest BCUT2D eigenvalue weighted by molar-refractivity contribution is 14.1. The Hall–Kier alpha value is -3.89. The van der Waals surface area contributed by atoms with E-state index in [-0.39, 0.29) is 22.8 Å². The van der Waals surface area contributed by atoms with Gasteiger partial charge in [0.25, 0.3) is 11.8 Å². The molecule has 4 rings (SSSR count). The van der Waals surface area contributed by atoms with Crippen LogP contribution in [0.2, 0.25) is 0 Å². The number of thioether (sulfide) groups is 1. The second-order valence-electron chi connectivity index (χ2n) is 8.97. The fraction of sp³-hybridized carbons (Fsp3) is 0.0938. The van der Waals surface area contributed by atoms with E-state index in [4.69, 9.17) is 0 Å². The average Bonchev–Trinajstić information content (AvgIpc) is 2.96. The van der Waals surface area contributed by atoms with Crippen molar-refractivity contribution in [1.29, 1.82) is 0 Å². The van der Waals surface area contributed by atoms with Crippen molar-refractivity contribution in [3.63, 3.8) is 0 Å². The minimum atomic E-state index is -0.446. The first-order valence-electron chi connectivity index (χ1n) is 12.6. The van der Waals surface area contributed by atoms with Gasteiger partial charge in [-0.15, -0.1) is 11.8 Å². The summed E-state index contributed by atoms with van der Waals surface area (Å²) in [6, 6.07) is 31.2. The Morgan fingerprint density at radius 2 is 1.38 bits per heavy atom. The van der Waals surface area contributed by atoms with Crippen LogP contribution in [0.3, 0.4) is 0 Å². The summed E-state index contributed by atoms with van der Waals surface area (Å²) in [5.41, 5.74) is 3.70. The SMILES string of the molecule is Cc1ccccc1/C=C(\NC(=O)c1ccccc1)C(=O)Nc1ccc(SC(C)C(=O)Nc2ccc(I)cc2)cc1. The summed E-state index contributed by atoms with van der Waals surface area (Å²) in [4.78, 5) is 39.6. The van der Waals surface area contributed by atoms with Gasteiger partial charge in [0.2, 0.25) is 5.91 Å². The molecule has 1 atom stereocenters. The fourth-order valence-corrected chi connectivity index (χ4v) is 4.92. The molecule has 6 nitrogen and oxygen atoms in total. The molecule has 202 valence electrons. The summed E-state index contributed by atoms with van der Waals surface area (Å²) in [6.07, 6.45) is 1.67. The predicted octanol–water partition coefficient (Wildman–Crippen LogP) is 7.13. The first-order valence-corrected chi connectivity index (χ1v) is 14.5. The minimum absolute atomic E-state index is 0.0938. The molecule has 0 saturated carbocycles. The number of halogens is 1. The van der Waals surface area contributed by atoms with Crippen molar-refractivity contribution in [3.8, 4) is 0 Å². The van der Waals surface area contributed by atoms with Crippen LogP contribution in [0.5, 0.6) is 0 Å². The van der Waals surface area contributed by atoms with Crippen molar-refractivity contribution in [2.75, 3.05) is 10.6 Å². The highest BCUT2D eigenvalue weighted by atomic mass is 127. The van der Waals surface area contributed by atoms with Gasteiger partial charge < -0.3 is 16.0 Å². The van der Waals surface area contributed by atoms with E-state index in [1.54, 1.807) is 42.5 Å². The normalized spacial score (nSPS) is 11.8. The molecule has 0 aliphatic heterocycles. The number of anilines is 2. The Bertz CT molecular complexity index is 1520. The predicted molar refractivity (Wildman–Crippen MR) is 171 cm³/mol. The van der Waals surface area contributed by atoms with Gasteiger partial charge in [-0.1, -0.05) is 42.5 Å². The summed E-state index contributed by atoms with van der Waals surface area (Å²) in [5, 5.41) is 8.24. The lowest BCUT2D eigenvalue weighted by Crippen LogP contribution is -2.30. The molecule has 3 amide bonds. The lowest BCUT2D eigenvalue weighted by Gasteiger charge is -2.14. The van der Waals surface area contributed by atoms with E-state index in [1.165, 1.54) is 11.8 Å². The number of hydrogen-bond acceptors (Lipinski definition) is 4. The van der Waals surface area contributed by atoms with Gasteiger partial charge in [-0.05, 0) is 114 Å². The Morgan fingerprint density at radius 1 is 0.775 bits per heavy atom. The molecule has 1 unspecified atom stereocenters. The van der Waals surface area contributed by atoms with E-state index in [0.29, 0.717) is 11.3 Å². The van der Waals surface area contributed by atoms with E-state index in [1.807, 2.05) is 80.6 Å². The summed E-state index contributed by atoms with van der Waals surface area (Å²) >= 11 is 3.64. The van der Waals surface area contributed by atoms with Crippen LogP contribution in [0.1, 0.15) is 28.4 Å². The number of rotatable bonds is 9. The Labute approximate surface area is 251 Å². The maximum absolute atomic E-state index is 13.3. The molecule has 8 heteroatoms. The lowest BCUT2D eigenvalue weighted by molar-refractivity contribution is -0.115. The Morgan fingerprint density at radius 3 is 2.05 bits per heavy atom. The van der Waals surface area contributed by atoms with Crippen molar-refractivity contribution < 1.29 is 14.4 Å². The summed E-state index contributed by atoms with van der Waals surface area (Å²) < 4.78 is 1.10. The van der Waals surface area contributed by atoms with E-state index in [2.05, 4.69) is 38.5 Å². The van der Waals surface area contributed by atoms with Gasteiger partial charge >= 0.3 is 0 Å². The molecule has 0 fully saturated rings. The smallest absolute Gasteiger partial charge is 0.272 e. The second kappa shape index (κ2) is 14.0. The van der Waals surface area contributed by atoms with E-state index >= 15 is 0 Å². The first kappa shape index (κ1) is 29.1. The third-order valence-electron chi connectivity index (χ3n) is 5.92. The maximum atomic E-state index is 13.3. The van der Waals surface area contributed by atoms with Gasteiger partial charge in [0.15, 0.2) is 0 Å². The fourth-order valence-electron chi connectivity index (χ4n) is 3.70. The number of benzene rings is 4. The van der Waals surface area contributed by atoms with Crippen molar-refractivity contribution in [2.45, 2.75) is 24.0 Å². The molecule has 0 radical (unpaired) electrons. The minimum Gasteiger partial charge on any atom is -0.325 e. The Kier molecular flexibility index (Phi) is 10.2. The van der Waals surface area contributed by atoms with Crippen LogP contribution in [0.15, 0.2) is 114 Å². The maximum Gasteiger partial charge on any atom is 0.272 e. The number of carbonyl (C=O) groups is 3. The highest BCUT2D eigenvalue weighted by Crippen LogP contribution is 2.26. The van der Waals surface area contributed by atoms with Crippen molar-refractivity contribution in [2.24, 2.45) is 0 Å². The number of nitrogens with one attached hydrogen (secondary N) is 3. The third kappa shape index (κ3) is 8.30. The number of hydrogen-bond donors (Lipinski definition) is 3. The number of aryl methyl sites for hydroxylation is 1. The van der Waals surface area contributed by atoms with Gasteiger partial charge in [0, 0.05) is 25.4 Å². The zero-order valence-electron chi connectivity index (χ0n) is 22.0. The van der Waals surface area contributed by atoms with Crippen molar-refractivity contribution in [3.05, 3.63) is 129 Å². The van der Waals surface area contributed by atoms with Crippen LogP contribution in [0, 0.1) is 10.5 Å². The molecule has 3 N–H and O–H groups in total. The quantitative estimate of drug-likeness (QED) is 0.101. The Balaban J connectivity index is 1.43.